The Morgan fingerprint density at radius 1 is 1.30 bits per heavy atom. The van der Waals surface area contributed by atoms with Gasteiger partial charge in [0.25, 0.3) is 0 Å². The number of nitrogens with zero attached hydrogens (tertiary/aromatic N) is 2. The maximum atomic E-state index is 9.78. The number of aromatic amines is 1. The minimum atomic E-state index is -0.994. The molecule has 0 aliphatic carbocycles. The summed E-state index contributed by atoms with van der Waals surface area (Å²) in [6.45, 7) is 7.70. The van der Waals surface area contributed by atoms with Crippen LogP contribution in [0, 0.1) is 11.8 Å². The topological polar surface area (TPSA) is 53.8 Å². The van der Waals surface area contributed by atoms with Crippen molar-refractivity contribution in [3.63, 3.8) is 0 Å². The normalized spacial score (nSPS) is 11.7. The number of hydrogen-bond donors (Lipinski definition) is 2. The molecule has 3 rings (SSSR count). The first-order chi connectivity index (χ1) is 10.8. The van der Waals surface area contributed by atoms with Gasteiger partial charge >= 0.3 is 0 Å². The standard InChI is InChI=1S/C19H21N3O/c1-13(2)22-12-17(15-10-20-21-11-15)16-9-14(5-6-18(16)22)7-8-19(3,4)23/h5-6,9-13,23H,1-4H3,(H,20,21). The molecule has 0 spiro atoms. The van der Waals surface area contributed by atoms with Crippen LogP contribution in [0.15, 0.2) is 36.8 Å². The molecule has 118 valence electrons. The molecule has 0 radical (unpaired) electrons. The van der Waals surface area contributed by atoms with E-state index in [1.807, 2.05) is 18.5 Å². The second-order valence-electron chi connectivity index (χ2n) is 6.57. The van der Waals surface area contributed by atoms with Crippen LogP contribution in [0.2, 0.25) is 0 Å². The molecule has 0 fully saturated rings. The van der Waals surface area contributed by atoms with Crippen LogP contribution in [0.25, 0.3) is 22.0 Å². The number of fused-ring (bicyclic) bond motifs is 1. The molecule has 0 aliphatic heterocycles. The summed E-state index contributed by atoms with van der Waals surface area (Å²) >= 11 is 0. The van der Waals surface area contributed by atoms with E-state index in [2.05, 4.69) is 58.8 Å². The van der Waals surface area contributed by atoms with Gasteiger partial charge in [0.15, 0.2) is 0 Å². The van der Waals surface area contributed by atoms with Crippen molar-refractivity contribution >= 4 is 10.9 Å². The lowest BCUT2D eigenvalue weighted by Gasteiger charge is -2.09. The molecule has 2 N–H and O–H groups in total. The van der Waals surface area contributed by atoms with Gasteiger partial charge in [0.1, 0.15) is 5.60 Å². The molecular weight excluding hydrogens is 286 g/mol. The van der Waals surface area contributed by atoms with Crippen LogP contribution in [0.4, 0.5) is 0 Å². The molecule has 23 heavy (non-hydrogen) atoms. The Bertz CT molecular complexity index is 884. The molecule has 4 nitrogen and oxygen atoms in total. The van der Waals surface area contributed by atoms with Crippen molar-refractivity contribution in [1.82, 2.24) is 14.8 Å². The number of aliphatic hydroxyl groups is 1. The van der Waals surface area contributed by atoms with Gasteiger partial charge in [0, 0.05) is 46.0 Å². The highest BCUT2D eigenvalue weighted by Gasteiger charge is 2.13. The number of hydrogen-bond acceptors (Lipinski definition) is 2. The van der Waals surface area contributed by atoms with Gasteiger partial charge in [0.05, 0.1) is 6.20 Å². The van der Waals surface area contributed by atoms with E-state index >= 15 is 0 Å². The molecular formula is C19H21N3O. The third kappa shape index (κ3) is 3.15. The van der Waals surface area contributed by atoms with E-state index in [0.717, 1.165) is 22.1 Å². The molecule has 4 heteroatoms. The van der Waals surface area contributed by atoms with Crippen molar-refractivity contribution in [2.75, 3.05) is 0 Å². The van der Waals surface area contributed by atoms with E-state index in [0.29, 0.717) is 6.04 Å². The van der Waals surface area contributed by atoms with Crippen LogP contribution in [0.3, 0.4) is 0 Å². The van der Waals surface area contributed by atoms with Crippen LogP contribution in [0.5, 0.6) is 0 Å². The average Bonchev–Trinajstić information content (AvgIpc) is 3.10. The van der Waals surface area contributed by atoms with Crippen LogP contribution in [-0.4, -0.2) is 25.5 Å². The van der Waals surface area contributed by atoms with E-state index in [-0.39, 0.29) is 0 Å². The Kier molecular flexibility index (Phi) is 3.75. The van der Waals surface area contributed by atoms with Crippen LogP contribution >= 0.6 is 0 Å². The zero-order chi connectivity index (χ0) is 16.6. The summed E-state index contributed by atoms with van der Waals surface area (Å²) in [4.78, 5) is 0. The summed E-state index contributed by atoms with van der Waals surface area (Å²) in [5.41, 5.74) is 3.26. The Morgan fingerprint density at radius 2 is 2.09 bits per heavy atom. The molecule has 0 saturated carbocycles. The van der Waals surface area contributed by atoms with Crippen LogP contribution < -0.4 is 0 Å². The van der Waals surface area contributed by atoms with E-state index in [4.69, 9.17) is 0 Å². The van der Waals surface area contributed by atoms with E-state index in [1.54, 1.807) is 13.8 Å². The van der Waals surface area contributed by atoms with E-state index < -0.39 is 5.60 Å². The highest BCUT2D eigenvalue weighted by atomic mass is 16.3. The predicted molar refractivity (Wildman–Crippen MR) is 93.1 cm³/mol. The Morgan fingerprint density at radius 3 is 2.70 bits per heavy atom. The zero-order valence-electron chi connectivity index (χ0n) is 13.9. The number of H-pyrrole nitrogens is 1. The number of benzene rings is 1. The largest absolute Gasteiger partial charge is 0.378 e. The number of aromatic nitrogens is 3. The lowest BCUT2D eigenvalue weighted by molar-refractivity contribution is 0.143. The predicted octanol–water partition coefficient (Wildman–Crippen LogP) is 3.73. The van der Waals surface area contributed by atoms with Crippen molar-refractivity contribution in [3.8, 4) is 23.0 Å². The van der Waals surface area contributed by atoms with Gasteiger partial charge in [-0.3, -0.25) is 5.10 Å². The van der Waals surface area contributed by atoms with Gasteiger partial charge in [-0.25, -0.2) is 0 Å². The Labute approximate surface area is 136 Å². The summed E-state index contributed by atoms with van der Waals surface area (Å²) in [6, 6.07) is 6.54. The van der Waals surface area contributed by atoms with Crippen molar-refractivity contribution in [1.29, 1.82) is 0 Å². The van der Waals surface area contributed by atoms with Crippen LogP contribution in [0.1, 0.15) is 39.3 Å². The Balaban J connectivity index is 2.20. The van der Waals surface area contributed by atoms with Crippen molar-refractivity contribution in [3.05, 3.63) is 42.4 Å². The van der Waals surface area contributed by atoms with Crippen molar-refractivity contribution < 1.29 is 5.11 Å². The molecule has 0 aliphatic rings. The summed E-state index contributed by atoms with van der Waals surface area (Å²) in [7, 11) is 0. The SMILES string of the molecule is CC(C)n1cc(-c2cn[nH]c2)c2cc(C#CC(C)(C)O)ccc21. The first-order valence-electron chi connectivity index (χ1n) is 7.74. The second kappa shape index (κ2) is 5.60. The fraction of sp³-hybridized carbons (Fsp3) is 0.316. The molecule has 0 amide bonds. The van der Waals surface area contributed by atoms with Crippen molar-refractivity contribution in [2.45, 2.75) is 39.3 Å². The number of nitrogens with one attached hydrogen (secondary N) is 1. The molecule has 2 heterocycles. The van der Waals surface area contributed by atoms with Gasteiger partial charge < -0.3 is 9.67 Å². The van der Waals surface area contributed by atoms with Crippen molar-refractivity contribution in [2.24, 2.45) is 0 Å². The fourth-order valence-electron chi connectivity index (χ4n) is 2.61. The van der Waals surface area contributed by atoms with Gasteiger partial charge in [-0.05, 0) is 45.9 Å². The molecule has 0 saturated heterocycles. The quantitative estimate of drug-likeness (QED) is 0.709. The summed E-state index contributed by atoms with van der Waals surface area (Å²) in [5.74, 6) is 5.92. The lowest BCUT2D eigenvalue weighted by Crippen LogP contribution is -2.14. The highest BCUT2D eigenvalue weighted by molar-refractivity contribution is 5.96. The third-order valence-electron chi connectivity index (χ3n) is 3.71. The van der Waals surface area contributed by atoms with Gasteiger partial charge in [-0.1, -0.05) is 11.8 Å². The molecule has 2 aromatic heterocycles. The smallest absolute Gasteiger partial charge is 0.120 e. The van der Waals surface area contributed by atoms with Gasteiger partial charge in [0.2, 0.25) is 0 Å². The lowest BCUT2D eigenvalue weighted by atomic mass is 10.0. The minimum Gasteiger partial charge on any atom is -0.378 e. The first-order valence-corrected chi connectivity index (χ1v) is 7.74. The average molecular weight is 307 g/mol. The molecule has 1 aromatic carbocycles. The third-order valence-corrected chi connectivity index (χ3v) is 3.71. The van der Waals surface area contributed by atoms with E-state index in [9.17, 15) is 5.11 Å². The fourth-order valence-corrected chi connectivity index (χ4v) is 2.61. The monoisotopic (exact) mass is 307 g/mol. The maximum absolute atomic E-state index is 9.78. The van der Waals surface area contributed by atoms with Gasteiger partial charge in [-0.15, -0.1) is 0 Å². The summed E-state index contributed by atoms with van der Waals surface area (Å²) in [5, 5.41) is 17.9. The first kappa shape index (κ1) is 15.4. The van der Waals surface area contributed by atoms with Gasteiger partial charge in [-0.2, -0.15) is 5.10 Å². The Hall–Kier alpha value is -2.51. The number of rotatable bonds is 2. The zero-order valence-corrected chi connectivity index (χ0v) is 13.9. The van der Waals surface area contributed by atoms with E-state index in [1.165, 1.54) is 5.52 Å². The van der Waals surface area contributed by atoms with Crippen LogP contribution in [-0.2, 0) is 0 Å². The molecule has 0 unspecified atom stereocenters. The molecule has 3 aromatic rings. The maximum Gasteiger partial charge on any atom is 0.120 e. The summed E-state index contributed by atoms with van der Waals surface area (Å²) < 4.78 is 2.25. The second-order valence-corrected chi connectivity index (χ2v) is 6.57. The molecule has 0 bridgehead atoms. The highest BCUT2D eigenvalue weighted by Crippen LogP contribution is 2.32. The minimum absolute atomic E-state index is 0.367. The summed E-state index contributed by atoms with van der Waals surface area (Å²) in [6.07, 6.45) is 5.89. The molecule has 0 atom stereocenters.